The zero-order valence-corrected chi connectivity index (χ0v) is 7.53. The second-order valence-electron chi connectivity index (χ2n) is 2.12. The number of ether oxygens (including phenoxy) is 1. The summed E-state index contributed by atoms with van der Waals surface area (Å²) in [6.07, 6.45) is 0. The zero-order chi connectivity index (χ0) is 8.27. The molecule has 12 heavy (non-hydrogen) atoms. The first kappa shape index (κ1) is 11.0. The minimum Gasteiger partial charge on any atom is -0.492 e. The Bertz CT molecular complexity index is 255. The molecule has 4 heteroatoms. The number of rotatable bonds is 2. The summed E-state index contributed by atoms with van der Waals surface area (Å²) in [5.74, 6) is 0.194. The topological polar surface area (TPSA) is 35.2 Å². The van der Waals surface area contributed by atoms with Gasteiger partial charge in [-0.2, -0.15) is 0 Å². The Morgan fingerprint density at radius 2 is 2.17 bits per heavy atom. The van der Waals surface area contributed by atoms with Crippen molar-refractivity contribution in [1.29, 1.82) is 0 Å². The van der Waals surface area contributed by atoms with Gasteiger partial charge in [0.2, 0.25) is 0 Å². The SMILES string of the molecule is CCOc1ccc(F)cc1N.Cl. The summed E-state index contributed by atoms with van der Waals surface area (Å²) in [5.41, 5.74) is 5.78. The van der Waals surface area contributed by atoms with Crippen LogP contribution in [0.15, 0.2) is 18.2 Å². The van der Waals surface area contributed by atoms with Gasteiger partial charge in [0.05, 0.1) is 12.3 Å². The van der Waals surface area contributed by atoms with Gasteiger partial charge in [-0.3, -0.25) is 0 Å². The van der Waals surface area contributed by atoms with E-state index in [1.165, 1.54) is 18.2 Å². The first-order valence-corrected chi connectivity index (χ1v) is 3.42. The monoisotopic (exact) mass is 191 g/mol. The predicted octanol–water partition coefficient (Wildman–Crippen LogP) is 2.23. The molecule has 0 aromatic heterocycles. The van der Waals surface area contributed by atoms with Gasteiger partial charge >= 0.3 is 0 Å². The fraction of sp³-hybridized carbons (Fsp3) is 0.250. The fourth-order valence-corrected chi connectivity index (χ4v) is 0.806. The average molecular weight is 192 g/mol. The van der Waals surface area contributed by atoms with Crippen LogP contribution in [0.4, 0.5) is 10.1 Å². The van der Waals surface area contributed by atoms with Crippen LogP contribution in [0.25, 0.3) is 0 Å². The van der Waals surface area contributed by atoms with E-state index in [1.807, 2.05) is 6.92 Å². The highest BCUT2D eigenvalue weighted by atomic mass is 35.5. The maximum atomic E-state index is 12.5. The lowest BCUT2D eigenvalue weighted by Gasteiger charge is -2.05. The number of benzene rings is 1. The van der Waals surface area contributed by atoms with Crippen molar-refractivity contribution in [2.24, 2.45) is 0 Å². The Labute approximate surface area is 76.9 Å². The Hall–Kier alpha value is -0.960. The third-order valence-electron chi connectivity index (χ3n) is 1.27. The molecule has 0 aliphatic heterocycles. The summed E-state index contributed by atoms with van der Waals surface area (Å²) in [4.78, 5) is 0. The van der Waals surface area contributed by atoms with E-state index in [1.54, 1.807) is 0 Å². The van der Waals surface area contributed by atoms with Crippen LogP contribution in [0.3, 0.4) is 0 Å². The Kier molecular flexibility index (Phi) is 4.44. The van der Waals surface area contributed by atoms with Crippen molar-refractivity contribution in [3.63, 3.8) is 0 Å². The lowest BCUT2D eigenvalue weighted by Crippen LogP contribution is -1.96. The molecule has 0 saturated carbocycles. The Morgan fingerprint density at radius 1 is 1.50 bits per heavy atom. The summed E-state index contributed by atoms with van der Waals surface area (Å²) < 4.78 is 17.6. The highest BCUT2D eigenvalue weighted by Crippen LogP contribution is 2.21. The molecule has 0 aliphatic rings. The van der Waals surface area contributed by atoms with Gasteiger partial charge in [0.15, 0.2) is 0 Å². The minimum atomic E-state index is -0.342. The van der Waals surface area contributed by atoms with Crippen LogP contribution < -0.4 is 10.5 Å². The van der Waals surface area contributed by atoms with Crippen LogP contribution in [-0.4, -0.2) is 6.61 Å². The summed E-state index contributed by atoms with van der Waals surface area (Å²) >= 11 is 0. The van der Waals surface area contributed by atoms with Crippen molar-refractivity contribution in [1.82, 2.24) is 0 Å². The van der Waals surface area contributed by atoms with Crippen molar-refractivity contribution in [3.05, 3.63) is 24.0 Å². The molecule has 0 atom stereocenters. The number of halogens is 2. The number of hydrogen-bond donors (Lipinski definition) is 1. The number of nitrogens with two attached hydrogens (primary N) is 1. The van der Waals surface area contributed by atoms with Crippen LogP contribution in [-0.2, 0) is 0 Å². The van der Waals surface area contributed by atoms with E-state index in [2.05, 4.69) is 0 Å². The van der Waals surface area contributed by atoms with E-state index in [0.717, 1.165) is 0 Å². The maximum absolute atomic E-state index is 12.5. The first-order chi connectivity index (χ1) is 5.24. The van der Waals surface area contributed by atoms with E-state index in [9.17, 15) is 4.39 Å². The second-order valence-corrected chi connectivity index (χ2v) is 2.12. The van der Waals surface area contributed by atoms with Gasteiger partial charge in [0, 0.05) is 6.07 Å². The highest BCUT2D eigenvalue weighted by molar-refractivity contribution is 5.85. The van der Waals surface area contributed by atoms with Crippen LogP contribution >= 0.6 is 12.4 Å². The van der Waals surface area contributed by atoms with E-state index >= 15 is 0 Å². The number of anilines is 1. The lowest BCUT2D eigenvalue weighted by atomic mass is 10.3. The van der Waals surface area contributed by atoms with E-state index < -0.39 is 0 Å². The van der Waals surface area contributed by atoms with Crippen LogP contribution in [0.2, 0.25) is 0 Å². The molecule has 1 rings (SSSR count). The molecule has 1 aromatic carbocycles. The largest absolute Gasteiger partial charge is 0.492 e. The molecular formula is C8H11ClFNO. The quantitative estimate of drug-likeness (QED) is 0.728. The van der Waals surface area contributed by atoms with E-state index in [4.69, 9.17) is 10.5 Å². The van der Waals surface area contributed by atoms with Crippen LogP contribution in [0.5, 0.6) is 5.75 Å². The summed E-state index contributed by atoms with van der Waals surface area (Å²) in [6, 6.07) is 4.08. The second kappa shape index (κ2) is 4.83. The van der Waals surface area contributed by atoms with Gasteiger partial charge in [0.25, 0.3) is 0 Å². The van der Waals surface area contributed by atoms with Crippen molar-refractivity contribution >= 4 is 18.1 Å². The molecular weight excluding hydrogens is 181 g/mol. The van der Waals surface area contributed by atoms with Gasteiger partial charge in [-0.1, -0.05) is 0 Å². The predicted molar refractivity (Wildman–Crippen MR) is 49.2 cm³/mol. The molecule has 0 amide bonds. The van der Waals surface area contributed by atoms with E-state index in [0.29, 0.717) is 18.0 Å². The van der Waals surface area contributed by atoms with Crippen LogP contribution in [0, 0.1) is 5.82 Å². The Morgan fingerprint density at radius 3 is 2.67 bits per heavy atom. The lowest BCUT2D eigenvalue weighted by molar-refractivity contribution is 0.341. The molecule has 0 radical (unpaired) electrons. The maximum Gasteiger partial charge on any atom is 0.142 e. The molecule has 1 aromatic rings. The molecule has 2 nitrogen and oxygen atoms in total. The van der Waals surface area contributed by atoms with Gasteiger partial charge in [-0.15, -0.1) is 12.4 Å². The van der Waals surface area contributed by atoms with E-state index in [-0.39, 0.29) is 18.2 Å². The molecule has 0 saturated heterocycles. The number of hydrogen-bond acceptors (Lipinski definition) is 2. The van der Waals surface area contributed by atoms with Gasteiger partial charge in [-0.05, 0) is 19.1 Å². The van der Waals surface area contributed by atoms with Crippen molar-refractivity contribution in [2.75, 3.05) is 12.3 Å². The molecule has 0 unspecified atom stereocenters. The Balaban J connectivity index is 0.00000121. The number of nitrogen functional groups attached to an aromatic ring is 1. The third-order valence-corrected chi connectivity index (χ3v) is 1.27. The van der Waals surface area contributed by atoms with Crippen molar-refractivity contribution < 1.29 is 9.13 Å². The standard InChI is InChI=1S/C8H10FNO.ClH/c1-2-11-8-4-3-6(9)5-7(8)10;/h3-5H,2,10H2,1H3;1H. The molecule has 0 heterocycles. The smallest absolute Gasteiger partial charge is 0.142 e. The fourth-order valence-electron chi connectivity index (χ4n) is 0.806. The first-order valence-electron chi connectivity index (χ1n) is 3.42. The van der Waals surface area contributed by atoms with Crippen molar-refractivity contribution in [3.8, 4) is 5.75 Å². The third kappa shape index (κ3) is 2.58. The normalized spacial score (nSPS) is 8.83. The molecule has 0 fully saturated rings. The molecule has 0 bridgehead atoms. The molecule has 0 spiro atoms. The zero-order valence-electron chi connectivity index (χ0n) is 6.71. The summed E-state index contributed by atoms with van der Waals surface area (Å²) in [6.45, 7) is 2.39. The van der Waals surface area contributed by atoms with Crippen LogP contribution in [0.1, 0.15) is 6.92 Å². The summed E-state index contributed by atoms with van der Waals surface area (Å²) in [7, 11) is 0. The van der Waals surface area contributed by atoms with Gasteiger partial charge in [0.1, 0.15) is 11.6 Å². The average Bonchev–Trinajstić information content (AvgIpc) is 1.95. The summed E-state index contributed by atoms with van der Waals surface area (Å²) in [5, 5.41) is 0. The molecule has 68 valence electrons. The minimum absolute atomic E-state index is 0. The van der Waals surface area contributed by atoms with Gasteiger partial charge in [-0.25, -0.2) is 4.39 Å². The highest BCUT2D eigenvalue weighted by Gasteiger charge is 1.99. The molecule has 2 N–H and O–H groups in total. The van der Waals surface area contributed by atoms with Crippen molar-refractivity contribution in [2.45, 2.75) is 6.92 Å². The molecule has 0 aliphatic carbocycles. The van der Waals surface area contributed by atoms with Gasteiger partial charge < -0.3 is 10.5 Å².